The predicted octanol–water partition coefficient (Wildman–Crippen LogP) is 3.57. The molecule has 1 N–H and O–H groups in total. The maximum absolute atomic E-state index is 12.0. The molecule has 2 nitrogen and oxygen atoms in total. The Kier molecular flexibility index (Phi) is 3.09. The zero-order chi connectivity index (χ0) is 13.8. The highest BCUT2D eigenvalue weighted by Crippen LogP contribution is 2.64. The average molecular weight is 264 g/mol. The minimum Gasteiger partial charge on any atom is -0.393 e. The summed E-state index contributed by atoms with van der Waals surface area (Å²) in [7, 11) is 0. The molecular weight excluding hydrogens is 236 g/mol. The second-order valence-electron chi connectivity index (χ2n) is 7.91. The first-order chi connectivity index (χ1) is 8.89. The number of hydrogen-bond acceptors (Lipinski definition) is 2. The molecule has 3 rings (SSSR count). The van der Waals surface area contributed by atoms with Gasteiger partial charge in [0, 0.05) is 12.3 Å². The molecule has 19 heavy (non-hydrogen) atoms. The molecule has 0 radical (unpaired) electrons. The molecule has 0 aromatic carbocycles. The lowest BCUT2D eigenvalue weighted by atomic mass is 9.43. The third kappa shape index (κ3) is 1.75. The lowest BCUT2D eigenvalue weighted by Crippen LogP contribution is -2.58. The number of rotatable bonds is 0. The van der Waals surface area contributed by atoms with E-state index >= 15 is 0 Å². The van der Waals surface area contributed by atoms with Crippen LogP contribution >= 0.6 is 0 Å². The zero-order valence-electron chi connectivity index (χ0n) is 12.6. The number of fused-ring (bicyclic) bond motifs is 3. The van der Waals surface area contributed by atoms with Gasteiger partial charge in [-0.2, -0.15) is 0 Å². The summed E-state index contributed by atoms with van der Waals surface area (Å²) >= 11 is 0. The molecule has 108 valence electrons. The second-order valence-corrected chi connectivity index (χ2v) is 7.91. The van der Waals surface area contributed by atoms with Gasteiger partial charge >= 0.3 is 0 Å². The monoisotopic (exact) mass is 264 g/mol. The first-order valence-corrected chi connectivity index (χ1v) is 8.10. The summed E-state index contributed by atoms with van der Waals surface area (Å²) in [5.41, 5.74) is 0.380. The van der Waals surface area contributed by atoms with Crippen molar-refractivity contribution in [3.05, 3.63) is 0 Å². The quantitative estimate of drug-likeness (QED) is 0.726. The van der Waals surface area contributed by atoms with E-state index in [1.54, 1.807) is 0 Å². The fraction of sp³-hybridized carbons (Fsp3) is 0.941. The van der Waals surface area contributed by atoms with Crippen molar-refractivity contribution >= 4 is 5.78 Å². The maximum Gasteiger partial charge on any atom is 0.136 e. The Bertz CT molecular complexity index is 391. The van der Waals surface area contributed by atoms with Crippen LogP contribution in [0.3, 0.4) is 0 Å². The lowest BCUT2D eigenvalue weighted by molar-refractivity contribution is -0.171. The Morgan fingerprint density at radius 1 is 1.11 bits per heavy atom. The van der Waals surface area contributed by atoms with Gasteiger partial charge in [0.05, 0.1) is 6.10 Å². The number of Topliss-reactive ketones (excluding diaryl/α,β-unsaturated/α-hetero) is 1. The van der Waals surface area contributed by atoms with Crippen molar-refractivity contribution < 1.29 is 9.90 Å². The third-order valence-corrected chi connectivity index (χ3v) is 7.19. The summed E-state index contributed by atoms with van der Waals surface area (Å²) in [6, 6.07) is 0. The summed E-state index contributed by atoms with van der Waals surface area (Å²) in [5.74, 6) is 1.87. The number of carbonyl (C=O) groups is 1. The Morgan fingerprint density at radius 2 is 1.84 bits per heavy atom. The first kappa shape index (κ1) is 13.6. The lowest BCUT2D eigenvalue weighted by Gasteiger charge is -2.62. The van der Waals surface area contributed by atoms with Crippen LogP contribution in [0.25, 0.3) is 0 Å². The molecule has 2 heteroatoms. The minimum atomic E-state index is -0.128. The van der Waals surface area contributed by atoms with Gasteiger partial charge in [0.2, 0.25) is 0 Å². The zero-order valence-corrected chi connectivity index (χ0v) is 12.6. The van der Waals surface area contributed by atoms with Gasteiger partial charge in [-0.05, 0) is 54.8 Å². The number of carbonyl (C=O) groups excluding carboxylic acids is 1. The largest absolute Gasteiger partial charge is 0.393 e. The molecule has 3 saturated carbocycles. The molecule has 0 aromatic rings. The van der Waals surface area contributed by atoms with Crippen LogP contribution in [0.15, 0.2) is 0 Å². The fourth-order valence-electron chi connectivity index (χ4n) is 5.91. The van der Waals surface area contributed by atoms with Gasteiger partial charge < -0.3 is 5.11 Å². The van der Waals surface area contributed by atoms with Crippen LogP contribution in [-0.4, -0.2) is 17.0 Å². The van der Waals surface area contributed by atoms with Gasteiger partial charge in [-0.3, -0.25) is 4.79 Å². The van der Waals surface area contributed by atoms with Gasteiger partial charge in [0.25, 0.3) is 0 Å². The van der Waals surface area contributed by atoms with E-state index in [4.69, 9.17) is 0 Å². The Balaban J connectivity index is 1.97. The minimum absolute atomic E-state index is 0.101. The first-order valence-electron chi connectivity index (χ1n) is 8.10. The van der Waals surface area contributed by atoms with E-state index in [1.165, 1.54) is 6.42 Å². The van der Waals surface area contributed by atoms with Crippen molar-refractivity contribution in [2.75, 3.05) is 0 Å². The number of hydrogen-bond donors (Lipinski definition) is 1. The Hall–Kier alpha value is -0.370. The van der Waals surface area contributed by atoms with E-state index in [9.17, 15) is 9.90 Å². The summed E-state index contributed by atoms with van der Waals surface area (Å²) in [5, 5.41) is 10.5. The maximum atomic E-state index is 12.0. The number of aliphatic hydroxyl groups is 1. The van der Waals surface area contributed by atoms with E-state index in [0.717, 1.165) is 38.5 Å². The van der Waals surface area contributed by atoms with Gasteiger partial charge in [0.15, 0.2) is 0 Å². The molecule has 0 bridgehead atoms. The van der Waals surface area contributed by atoms with E-state index in [2.05, 4.69) is 20.8 Å². The molecule has 0 unspecified atom stereocenters. The van der Waals surface area contributed by atoms with Crippen molar-refractivity contribution in [3.63, 3.8) is 0 Å². The highest BCUT2D eigenvalue weighted by Gasteiger charge is 2.59. The van der Waals surface area contributed by atoms with Crippen LogP contribution in [0.2, 0.25) is 0 Å². The standard InChI is InChI=1S/C17H28O2/c1-11-12-7-9-17(3)14(5-4-6-15(17)19)16(12,2)10-8-13(11)18/h11-12,14-15,19H,4-10H2,1-3H3/t11-,12-,14+,15+,16-,17+/m0/s1. The van der Waals surface area contributed by atoms with Crippen LogP contribution in [0.4, 0.5) is 0 Å². The molecular formula is C17H28O2. The van der Waals surface area contributed by atoms with Crippen molar-refractivity contribution in [1.29, 1.82) is 0 Å². The number of aliphatic hydroxyl groups excluding tert-OH is 1. The van der Waals surface area contributed by atoms with Crippen LogP contribution in [0, 0.1) is 28.6 Å². The fourth-order valence-corrected chi connectivity index (χ4v) is 5.91. The summed E-state index contributed by atoms with van der Waals surface area (Å²) in [6.07, 6.45) is 7.31. The van der Waals surface area contributed by atoms with Crippen LogP contribution in [-0.2, 0) is 4.79 Å². The van der Waals surface area contributed by atoms with E-state index in [-0.39, 0.29) is 22.9 Å². The Labute approximate surface area is 117 Å². The highest BCUT2D eigenvalue weighted by atomic mass is 16.3. The predicted molar refractivity (Wildman–Crippen MR) is 75.7 cm³/mol. The topological polar surface area (TPSA) is 37.3 Å². The van der Waals surface area contributed by atoms with E-state index in [1.807, 2.05) is 0 Å². The molecule has 0 aromatic heterocycles. The third-order valence-electron chi connectivity index (χ3n) is 7.19. The average Bonchev–Trinajstić information content (AvgIpc) is 2.37. The van der Waals surface area contributed by atoms with Crippen LogP contribution in [0.1, 0.15) is 65.7 Å². The normalized spacial score (nSPS) is 54.4. The molecule has 3 aliphatic carbocycles. The van der Waals surface area contributed by atoms with Crippen LogP contribution < -0.4 is 0 Å². The van der Waals surface area contributed by atoms with Crippen molar-refractivity contribution in [2.24, 2.45) is 28.6 Å². The summed E-state index contributed by atoms with van der Waals surface area (Å²) in [6.45, 7) is 6.87. The summed E-state index contributed by atoms with van der Waals surface area (Å²) in [4.78, 5) is 12.0. The van der Waals surface area contributed by atoms with E-state index < -0.39 is 0 Å². The molecule has 0 spiro atoms. The smallest absolute Gasteiger partial charge is 0.136 e. The molecule has 0 amide bonds. The van der Waals surface area contributed by atoms with Gasteiger partial charge in [-0.1, -0.05) is 27.2 Å². The molecule has 0 saturated heterocycles. The molecule has 6 atom stereocenters. The molecule has 3 aliphatic rings. The molecule has 0 heterocycles. The molecule has 0 aliphatic heterocycles. The SMILES string of the molecule is C[C@@H]1C(=O)CC[C@]2(C)[C@H]3CCC[C@@H](O)[C@]3(C)CC[C@@H]12. The Morgan fingerprint density at radius 3 is 2.58 bits per heavy atom. The highest BCUT2D eigenvalue weighted by molar-refractivity contribution is 5.82. The van der Waals surface area contributed by atoms with Gasteiger partial charge in [-0.25, -0.2) is 0 Å². The van der Waals surface area contributed by atoms with Gasteiger partial charge in [0.1, 0.15) is 5.78 Å². The van der Waals surface area contributed by atoms with E-state index in [0.29, 0.717) is 17.6 Å². The summed E-state index contributed by atoms with van der Waals surface area (Å²) < 4.78 is 0. The van der Waals surface area contributed by atoms with Crippen molar-refractivity contribution in [2.45, 2.75) is 71.8 Å². The van der Waals surface area contributed by atoms with Crippen molar-refractivity contribution in [1.82, 2.24) is 0 Å². The number of ketones is 1. The van der Waals surface area contributed by atoms with Crippen LogP contribution in [0.5, 0.6) is 0 Å². The van der Waals surface area contributed by atoms with Crippen molar-refractivity contribution in [3.8, 4) is 0 Å². The second kappa shape index (κ2) is 4.31. The van der Waals surface area contributed by atoms with Gasteiger partial charge in [-0.15, -0.1) is 0 Å². The molecule has 3 fully saturated rings.